The summed E-state index contributed by atoms with van der Waals surface area (Å²) in [6.45, 7) is 1.35. The number of nitrogens with one attached hydrogen (secondary N) is 1. The van der Waals surface area contributed by atoms with Gasteiger partial charge in [0.05, 0.1) is 18.7 Å². The maximum Gasteiger partial charge on any atom is 0.341 e. The van der Waals surface area contributed by atoms with Gasteiger partial charge in [-0.15, -0.1) is 0 Å². The third kappa shape index (κ3) is 4.28. The van der Waals surface area contributed by atoms with Gasteiger partial charge in [0.25, 0.3) is 5.91 Å². The summed E-state index contributed by atoms with van der Waals surface area (Å²) in [7, 11) is 1.40. The van der Waals surface area contributed by atoms with Gasteiger partial charge in [0.1, 0.15) is 11.6 Å². The van der Waals surface area contributed by atoms with Crippen LogP contribution in [-0.4, -0.2) is 25.6 Å². The average Bonchev–Trinajstić information content (AvgIpc) is 2.71. The Labute approximate surface area is 162 Å². The predicted octanol–water partition coefficient (Wildman–Crippen LogP) is 4.02. The quantitative estimate of drug-likeness (QED) is 0.655. The lowest BCUT2D eigenvalue weighted by Gasteiger charge is -2.16. The monoisotopic (exact) mass is 381 g/mol. The zero-order chi connectivity index (χ0) is 20.1. The van der Waals surface area contributed by atoms with Gasteiger partial charge < -0.3 is 14.8 Å². The van der Waals surface area contributed by atoms with Gasteiger partial charge in [0.15, 0.2) is 6.61 Å². The number of ether oxygens (including phenoxy) is 2. The second-order valence-electron chi connectivity index (χ2n) is 6.28. The molecule has 5 nitrogen and oxygen atoms in total. The van der Waals surface area contributed by atoms with E-state index in [1.165, 1.54) is 19.2 Å². The normalized spacial score (nSPS) is 11.7. The van der Waals surface area contributed by atoms with Crippen LogP contribution in [-0.2, 0) is 9.53 Å². The molecule has 144 valence electrons. The van der Waals surface area contributed by atoms with Crippen molar-refractivity contribution in [2.45, 2.75) is 13.0 Å². The lowest BCUT2D eigenvalue weighted by atomic mass is 10.00. The molecule has 1 N–H and O–H groups in total. The van der Waals surface area contributed by atoms with Gasteiger partial charge in [-0.1, -0.05) is 42.5 Å². The van der Waals surface area contributed by atoms with Crippen LogP contribution in [0.3, 0.4) is 0 Å². The zero-order valence-corrected chi connectivity index (χ0v) is 15.6. The minimum atomic E-state index is -0.909. The van der Waals surface area contributed by atoms with E-state index in [4.69, 9.17) is 9.47 Å². The molecule has 0 saturated carbocycles. The van der Waals surface area contributed by atoms with Crippen LogP contribution < -0.4 is 10.1 Å². The standard InChI is InChI=1S/C22H20FNO4/c1-14(17-9-5-7-15-6-3-4-8-18(15)17)24-21(25)13-28-22(26)19-11-10-16(27-2)12-20(19)23/h3-12,14H,13H2,1-2H3,(H,24,25)/t14-/m1/s1. The minimum Gasteiger partial charge on any atom is -0.497 e. The Balaban J connectivity index is 1.61. The Morgan fingerprint density at radius 2 is 1.82 bits per heavy atom. The largest absolute Gasteiger partial charge is 0.497 e. The first-order valence-corrected chi connectivity index (χ1v) is 8.77. The van der Waals surface area contributed by atoms with E-state index in [1.807, 2.05) is 49.4 Å². The molecule has 1 amide bonds. The van der Waals surface area contributed by atoms with Gasteiger partial charge in [-0.3, -0.25) is 4.79 Å². The van der Waals surface area contributed by atoms with Crippen molar-refractivity contribution in [2.75, 3.05) is 13.7 Å². The molecule has 0 aliphatic carbocycles. The van der Waals surface area contributed by atoms with E-state index in [1.54, 1.807) is 0 Å². The van der Waals surface area contributed by atoms with Crippen LogP contribution in [0.1, 0.15) is 28.9 Å². The molecule has 3 aromatic carbocycles. The number of halogens is 1. The summed E-state index contributed by atoms with van der Waals surface area (Å²) in [5.74, 6) is -1.86. The van der Waals surface area contributed by atoms with Crippen LogP contribution in [0.5, 0.6) is 5.75 Å². The Kier molecular flexibility index (Phi) is 5.89. The molecular formula is C22H20FNO4. The summed E-state index contributed by atoms with van der Waals surface area (Å²) >= 11 is 0. The first-order chi connectivity index (χ1) is 13.5. The number of rotatable bonds is 6. The van der Waals surface area contributed by atoms with Crippen LogP contribution in [0.15, 0.2) is 60.7 Å². The van der Waals surface area contributed by atoms with Crippen molar-refractivity contribution in [1.82, 2.24) is 5.32 Å². The van der Waals surface area contributed by atoms with Crippen molar-refractivity contribution in [3.63, 3.8) is 0 Å². The lowest BCUT2D eigenvalue weighted by molar-refractivity contribution is -0.124. The van der Waals surface area contributed by atoms with Crippen molar-refractivity contribution >= 4 is 22.6 Å². The molecule has 28 heavy (non-hydrogen) atoms. The number of fused-ring (bicyclic) bond motifs is 1. The van der Waals surface area contributed by atoms with Gasteiger partial charge >= 0.3 is 5.97 Å². The van der Waals surface area contributed by atoms with Crippen LogP contribution >= 0.6 is 0 Å². The van der Waals surface area contributed by atoms with E-state index in [9.17, 15) is 14.0 Å². The van der Waals surface area contributed by atoms with E-state index in [-0.39, 0.29) is 17.4 Å². The fourth-order valence-electron chi connectivity index (χ4n) is 2.99. The van der Waals surface area contributed by atoms with Crippen LogP contribution in [0, 0.1) is 5.82 Å². The number of methoxy groups -OCH3 is 1. The summed E-state index contributed by atoms with van der Waals surface area (Å²) in [4.78, 5) is 24.2. The minimum absolute atomic E-state index is 0.254. The third-order valence-corrected chi connectivity index (χ3v) is 4.40. The summed E-state index contributed by atoms with van der Waals surface area (Å²) in [6, 6.07) is 17.2. The van der Waals surface area contributed by atoms with Crippen molar-refractivity contribution in [1.29, 1.82) is 0 Å². The number of hydrogen-bond donors (Lipinski definition) is 1. The summed E-state index contributed by atoms with van der Waals surface area (Å²) < 4.78 is 23.7. The van der Waals surface area contributed by atoms with Crippen LogP contribution in [0.2, 0.25) is 0 Å². The number of benzene rings is 3. The Bertz CT molecular complexity index is 1010. The molecule has 1 atom stereocenters. The number of amides is 1. The smallest absolute Gasteiger partial charge is 0.341 e. The van der Waals surface area contributed by atoms with Crippen molar-refractivity contribution in [3.05, 3.63) is 77.6 Å². The Morgan fingerprint density at radius 1 is 1.07 bits per heavy atom. The van der Waals surface area contributed by atoms with Gasteiger partial charge in [-0.2, -0.15) is 0 Å². The molecule has 6 heteroatoms. The fourth-order valence-corrected chi connectivity index (χ4v) is 2.99. The number of esters is 1. The number of carbonyl (C=O) groups is 2. The maximum atomic E-state index is 13.9. The second-order valence-corrected chi connectivity index (χ2v) is 6.28. The molecule has 0 aliphatic rings. The topological polar surface area (TPSA) is 64.6 Å². The Morgan fingerprint density at radius 3 is 2.57 bits per heavy atom. The average molecular weight is 381 g/mol. The van der Waals surface area contributed by atoms with Gasteiger partial charge in [0.2, 0.25) is 0 Å². The zero-order valence-electron chi connectivity index (χ0n) is 15.6. The van der Waals surface area contributed by atoms with Crippen LogP contribution in [0.4, 0.5) is 4.39 Å². The molecule has 0 unspecified atom stereocenters. The van der Waals surface area contributed by atoms with E-state index >= 15 is 0 Å². The van der Waals surface area contributed by atoms with Crippen molar-refractivity contribution < 1.29 is 23.5 Å². The van der Waals surface area contributed by atoms with Gasteiger partial charge in [-0.25, -0.2) is 9.18 Å². The van der Waals surface area contributed by atoms with E-state index < -0.39 is 24.3 Å². The molecule has 0 heterocycles. The Hall–Kier alpha value is -3.41. The SMILES string of the molecule is COc1ccc(C(=O)OCC(=O)N[C@H](C)c2cccc3ccccc23)c(F)c1. The molecule has 0 spiro atoms. The molecule has 0 radical (unpaired) electrons. The van der Waals surface area contributed by atoms with Crippen LogP contribution in [0.25, 0.3) is 10.8 Å². The number of carbonyl (C=O) groups excluding carboxylic acids is 2. The first-order valence-electron chi connectivity index (χ1n) is 8.77. The molecule has 0 bridgehead atoms. The first kappa shape index (κ1) is 19.4. The van der Waals surface area contributed by atoms with Crippen molar-refractivity contribution in [2.24, 2.45) is 0 Å². The molecule has 3 rings (SSSR count). The fraction of sp³-hybridized carbons (Fsp3) is 0.182. The summed E-state index contributed by atoms with van der Waals surface area (Å²) in [6.07, 6.45) is 0. The number of hydrogen-bond acceptors (Lipinski definition) is 4. The summed E-state index contributed by atoms with van der Waals surface area (Å²) in [5.41, 5.74) is 0.703. The highest BCUT2D eigenvalue weighted by atomic mass is 19.1. The van der Waals surface area contributed by atoms with E-state index in [2.05, 4.69) is 5.32 Å². The second kappa shape index (κ2) is 8.52. The van der Waals surface area contributed by atoms with Crippen molar-refractivity contribution in [3.8, 4) is 5.75 Å². The van der Waals surface area contributed by atoms with E-state index in [0.717, 1.165) is 22.4 Å². The highest BCUT2D eigenvalue weighted by Gasteiger charge is 2.17. The van der Waals surface area contributed by atoms with Gasteiger partial charge in [-0.05, 0) is 35.4 Å². The van der Waals surface area contributed by atoms with E-state index in [0.29, 0.717) is 0 Å². The highest BCUT2D eigenvalue weighted by Crippen LogP contribution is 2.24. The maximum absolute atomic E-state index is 13.9. The highest BCUT2D eigenvalue weighted by molar-refractivity contribution is 5.92. The predicted molar refractivity (Wildman–Crippen MR) is 104 cm³/mol. The molecular weight excluding hydrogens is 361 g/mol. The lowest BCUT2D eigenvalue weighted by Crippen LogP contribution is -2.31. The summed E-state index contributed by atoms with van der Waals surface area (Å²) in [5, 5.41) is 4.91. The molecule has 0 saturated heterocycles. The van der Waals surface area contributed by atoms with Gasteiger partial charge in [0, 0.05) is 6.07 Å². The molecule has 0 aromatic heterocycles. The third-order valence-electron chi connectivity index (χ3n) is 4.40. The molecule has 3 aromatic rings. The molecule has 0 fully saturated rings. The molecule has 0 aliphatic heterocycles.